The molecule has 0 aromatic carbocycles. The Morgan fingerprint density at radius 2 is 1.45 bits per heavy atom. The van der Waals surface area contributed by atoms with Crippen LogP contribution in [0.15, 0.2) is 24.5 Å². The van der Waals surface area contributed by atoms with Crippen LogP contribution >= 0.6 is 0 Å². The summed E-state index contributed by atoms with van der Waals surface area (Å²) in [6, 6.07) is 0. The zero-order valence-corrected chi connectivity index (χ0v) is 6.07. The van der Waals surface area contributed by atoms with E-state index >= 15 is 0 Å². The number of rotatable bonds is 0. The third kappa shape index (κ3) is 1.19. The van der Waals surface area contributed by atoms with E-state index in [0.717, 1.165) is 17.5 Å². The Morgan fingerprint density at radius 1 is 0.909 bits per heavy atom. The van der Waals surface area contributed by atoms with Crippen LogP contribution in [0, 0.1) is 0 Å². The first-order valence-corrected chi connectivity index (χ1v) is 3.60. The van der Waals surface area contributed by atoms with Gasteiger partial charge in [-0.2, -0.15) is 10.2 Å². The summed E-state index contributed by atoms with van der Waals surface area (Å²) in [6.07, 6.45) is 12.9. The molecule has 1 aromatic heterocycles. The highest BCUT2D eigenvalue weighted by Crippen LogP contribution is 2.13. The van der Waals surface area contributed by atoms with Crippen molar-refractivity contribution >= 4 is 12.2 Å². The topological polar surface area (TPSA) is 25.8 Å². The van der Waals surface area contributed by atoms with Crippen molar-refractivity contribution in [2.75, 3.05) is 0 Å². The fraction of sp³-hybridized carbons (Fsp3) is 0.111. The van der Waals surface area contributed by atoms with Crippen LogP contribution in [0.5, 0.6) is 0 Å². The summed E-state index contributed by atoms with van der Waals surface area (Å²) in [5.74, 6) is 0. The zero-order valence-electron chi connectivity index (χ0n) is 6.07. The van der Waals surface area contributed by atoms with E-state index in [4.69, 9.17) is 0 Å². The van der Waals surface area contributed by atoms with Gasteiger partial charge in [0.1, 0.15) is 0 Å². The Balaban J connectivity index is 2.58. The van der Waals surface area contributed by atoms with E-state index in [2.05, 4.69) is 34.5 Å². The molecule has 0 amide bonds. The molecule has 2 heteroatoms. The molecule has 0 spiro atoms. The molecule has 1 aromatic rings. The van der Waals surface area contributed by atoms with E-state index in [1.165, 1.54) is 0 Å². The number of hydrogen-bond acceptors (Lipinski definition) is 2. The van der Waals surface area contributed by atoms with E-state index in [0.29, 0.717) is 0 Å². The van der Waals surface area contributed by atoms with Gasteiger partial charge in [0.2, 0.25) is 0 Å². The summed E-state index contributed by atoms with van der Waals surface area (Å²) >= 11 is 0. The van der Waals surface area contributed by atoms with Gasteiger partial charge >= 0.3 is 0 Å². The summed E-state index contributed by atoms with van der Waals surface area (Å²) in [5.41, 5.74) is 2.29. The van der Waals surface area contributed by atoms with Gasteiger partial charge in [0.05, 0.1) is 12.4 Å². The second kappa shape index (κ2) is 2.66. The Bertz CT molecular complexity index is 282. The first-order chi connectivity index (χ1) is 5.47. The van der Waals surface area contributed by atoms with Crippen molar-refractivity contribution in [2.24, 2.45) is 0 Å². The fourth-order valence-electron chi connectivity index (χ4n) is 1.09. The third-order valence-corrected chi connectivity index (χ3v) is 1.66. The van der Waals surface area contributed by atoms with Gasteiger partial charge in [0, 0.05) is 11.1 Å². The number of nitrogens with zero attached hydrogens (tertiary/aromatic N) is 2. The van der Waals surface area contributed by atoms with Crippen LogP contribution in [-0.4, -0.2) is 10.2 Å². The molecule has 0 saturated heterocycles. The highest BCUT2D eigenvalue weighted by Gasteiger charge is 1.96. The van der Waals surface area contributed by atoms with Gasteiger partial charge in [-0.3, -0.25) is 0 Å². The van der Waals surface area contributed by atoms with E-state index < -0.39 is 0 Å². The van der Waals surface area contributed by atoms with Gasteiger partial charge < -0.3 is 0 Å². The molecule has 0 bridgehead atoms. The summed E-state index contributed by atoms with van der Waals surface area (Å²) in [7, 11) is 0. The summed E-state index contributed by atoms with van der Waals surface area (Å²) in [4.78, 5) is 0. The lowest BCUT2D eigenvalue weighted by atomic mass is 10.2. The van der Waals surface area contributed by atoms with Crippen LogP contribution in [0.2, 0.25) is 0 Å². The van der Waals surface area contributed by atoms with Crippen molar-refractivity contribution in [3.05, 3.63) is 35.7 Å². The molecule has 1 aliphatic carbocycles. The van der Waals surface area contributed by atoms with Crippen molar-refractivity contribution in [1.82, 2.24) is 10.2 Å². The van der Waals surface area contributed by atoms with Gasteiger partial charge in [-0.1, -0.05) is 24.3 Å². The van der Waals surface area contributed by atoms with Crippen LogP contribution in [0.3, 0.4) is 0 Å². The Hall–Kier alpha value is -1.44. The Labute approximate surface area is 65.3 Å². The first kappa shape index (κ1) is 6.28. The van der Waals surface area contributed by atoms with Crippen LogP contribution in [-0.2, 0) is 0 Å². The highest BCUT2D eigenvalue weighted by molar-refractivity contribution is 5.65. The molecular weight excluding hydrogens is 136 g/mol. The first-order valence-electron chi connectivity index (χ1n) is 3.60. The van der Waals surface area contributed by atoms with Gasteiger partial charge in [-0.05, 0) is 6.42 Å². The van der Waals surface area contributed by atoms with Gasteiger partial charge in [-0.25, -0.2) is 0 Å². The second-order valence-electron chi connectivity index (χ2n) is 2.44. The van der Waals surface area contributed by atoms with Crippen molar-refractivity contribution in [2.45, 2.75) is 6.42 Å². The molecule has 0 aliphatic heterocycles. The molecule has 0 saturated carbocycles. The summed E-state index contributed by atoms with van der Waals surface area (Å²) in [6.45, 7) is 0. The van der Waals surface area contributed by atoms with Crippen molar-refractivity contribution in [3.63, 3.8) is 0 Å². The van der Waals surface area contributed by atoms with Crippen LogP contribution in [0.4, 0.5) is 0 Å². The lowest BCUT2D eigenvalue weighted by Gasteiger charge is -1.94. The third-order valence-electron chi connectivity index (χ3n) is 1.66. The maximum absolute atomic E-state index is 3.80. The van der Waals surface area contributed by atoms with Crippen molar-refractivity contribution < 1.29 is 0 Å². The lowest BCUT2D eigenvalue weighted by molar-refractivity contribution is 1.02. The minimum atomic E-state index is 0.995. The number of hydrogen-bond donors (Lipinski definition) is 0. The van der Waals surface area contributed by atoms with Crippen LogP contribution in [0.25, 0.3) is 12.2 Å². The molecule has 2 nitrogen and oxygen atoms in total. The number of allylic oxidation sites excluding steroid dienone is 2. The average Bonchev–Trinajstić information content (AvgIpc) is 2.28. The maximum Gasteiger partial charge on any atom is 0.0574 e. The van der Waals surface area contributed by atoms with Gasteiger partial charge in [0.15, 0.2) is 0 Å². The number of fused-ring (bicyclic) bond motifs is 1. The van der Waals surface area contributed by atoms with Crippen LogP contribution < -0.4 is 0 Å². The van der Waals surface area contributed by atoms with E-state index in [1.807, 2.05) is 0 Å². The number of aromatic nitrogens is 2. The average molecular weight is 144 g/mol. The molecular formula is C9H8N2. The lowest BCUT2D eigenvalue weighted by Crippen LogP contribution is -1.85. The molecule has 2 rings (SSSR count). The second-order valence-corrected chi connectivity index (χ2v) is 2.44. The zero-order chi connectivity index (χ0) is 7.52. The molecule has 0 unspecified atom stereocenters. The molecule has 11 heavy (non-hydrogen) atoms. The Morgan fingerprint density at radius 3 is 2.00 bits per heavy atom. The molecule has 1 heterocycles. The van der Waals surface area contributed by atoms with Crippen LogP contribution in [0.1, 0.15) is 17.5 Å². The largest absolute Gasteiger partial charge is 0.158 e. The minimum Gasteiger partial charge on any atom is -0.158 e. The normalized spacial score (nSPS) is 14.2. The molecule has 0 radical (unpaired) electrons. The fourth-order valence-corrected chi connectivity index (χ4v) is 1.09. The maximum atomic E-state index is 3.80. The smallest absolute Gasteiger partial charge is 0.0574 e. The van der Waals surface area contributed by atoms with Crippen molar-refractivity contribution in [3.8, 4) is 0 Å². The Kier molecular flexibility index (Phi) is 1.52. The molecule has 0 fully saturated rings. The van der Waals surface area contributed by atoms with E-state index in [1.54, 1.807) is 12.4 Å². The SMILES string of the molecule is C1=Cc2cnncc2C=CC1. The van der Waals surface area contributed by atoms with Gasteiger partial charge in [-0.15, -0.1) is 0 Å². The quantitative estimate of drug-likeness (QED) is 0.555. The minimum absolute atomic E-state index is 0.995. The van der Waals surface area contributed by atoms with E-state index in [-0.39, 0.29) is 0 Å². The van der Waals surface area contributed by atoms with Crippen molar-refractivity contribution in [1.29, 1.82) is 0 Å². The summed E-state index contributed by atoms with van der Waals surface area (Å²) in [5, 5.41) is 7.61. The molecule has 0 atom stereocenters. The molecule has 54 valence electrons. The predicted molar refractivity (Wildman–Crippen MR) is 44.7 cm³/mol. The molecule has 1 aliphatic rings. The predicted octanol–water partition coefficient (Wildman–Crippen LogP) is 1.91. The monoisotopic (exact) mass is 144 g/mol. The summed E-state index contributed by atoms with van der Waals surface area (Å²) < 4.78 is 0. The highest BCUT2D eigenvalue weighted by atomic mass is 15.1. The molecule has 0 N–H and O–H groups in total. The van der Waals surface area contributed by atoms with Gasteiger partial charge in [0.25, 0.3) is 0 Å². The van der Waals surface area contributed by atoms with E-state index in [9.17, 15) is 0 Å². The standard InChI is InChI=1S/C9H8N2/c1-2-4-8-6-10-11-7-9(8)5-3-1/h2-7H,1H2.